The average Bonchev–Trinajstić information content (AvgIpc) is 3.31. The predicted octanol–water partition coefficient (Wildman–Crippen LogP) is 1.42. The minimum Gasteiger partial charge on any atom is -0.377 e. The fourth-order valence-electron chi connectivity index (χ4n) is 3.64. The maximum Gasteiger partial charge on any atom is 0.251 e. The lowest BCUT2D eigenvalue weighted by Gasteiger charge is -2.19. The zero-order chi connectivity index (χ0) is 18.6. The van der Waals surface area contributed by atoms with Crippen molar-refractivity contribution in [2.45, 2.75) is 49.1 Å². The molecular weight excluding hydrogens is 390 g/mol. The van der Waals surface area contributed by atoms with Gasteiger partial charge in [-0.2, -0.15) is 0 Å². The van der Waals surface area contributed by atoms with E-state index in [0.717, 1.165) is 32.1 Å². The van der Waals surface area contributed by atoms with Crippen LogP contribution in [0.5, 0.6) is 0 Å². The number of nitrogens with one attached hydrogen (secondary N) is 2. The first kappa shape index (κ1) is 22.1. The summed E-state index contributed by atoms with van der Waals surface area (Å²) < 4.78 is 32.7. The van der Waals surface area contributed by atoms with E-state index in [9.17, 15) is 13.2 Å². The molecule has 3 atom stereocenters. The van der Waals surface area contributed by atoms with Crippen LogP contribution in [0.1, 0.15) is 42.5 Å². The van der Waals surface area contributed by atoms with Crippen LogP contribution < -0.4 is 15.8 Å². The van der Waals surface area contributed by atoms with Gasteiger partial charge in [0.1, 0.15) is 0 Å². The minimum atomic E-state index is -3.60. The molecule has 1 saturated carbocycles. The first-order chi connectivity index (χ1) is 12.5. The number of rotatable bonds is 7. The van der Waals surface area contributed by atoms with E-state index in [-0.39, 0.29) is 41.9 Å². The molecule has 1 saturated heterocycles. The summed E-state index contributed by atoms with van der Waals surface area (Å²) >= 11 is 0. The summed E-state index contributed by atoms with van der Waals surface area (Å²) in [6.07, 6.45) is 4.81. The SMILES string of the molecule is Cl.NCC1CCCC1NC(=O)c1ccc(S(=O)(=O)NCC2CCCO2)cc1. The zero-order valence-electron chi connectivity index (χ0n) is 15.2. The molecule has 0 bridgehead atoms. The van der Waals surface area contributed by atoms with E-state index in [1.807, 2.05) is 0 Å². The van der Waals surface area contributed by atoms with Crippen molar-refractivity contribution in [3.8, 4) is 0 Å². The molecule has 1 aliphatic carbocycles. The first-order valence-electron chi connectivity index (χ1n) is 9.22. The van der Waals surface area contributed by atoms with Crippen LogP contribution >= 0.6 is 12.4 Å². The molecule has 3 rings (SSSR count). The molecule has 1 aromatic carbocycles. The maximum absolute atomic E-state index is 12.4. The van der Waals surface area contributed by atoms with Crippen molar-refractivity contribution < 1.29 is 17.9 Å². The minimum absolute atomic E-state index is 0. The maximum atomic E-state index is 12.4. The van der Waals surface area contributed by atoms with Crippen molar-refractivity contribution in [1.29, 1.82) is 0 Å². The second-order valence-corrected chi connectivity index (χ2v) is 8.78. The number of hydrogen-bond donors (Lipinski definition) is 3. The predicted molar refractivity (Wildman–Crippen MR) is 106 cm³/mol. The van der Waals surface area contributed by atoms with Crippen molar-refractivity contribution in [2.75, 3.05) is 19.7 Å². The molecule has 0 spiro atoms. The van der Waals surface area contributed by atoms with Gasteiger partial charge in [0.2, 0.25) is 10.0 Å². The summed E-state index contributed by atoms with van der Waals surface area (Å²) in [4.78, 5) is 12.5. The van der Waals surface area contributed by atoms with E-state index in [0.29, 0.717) is 24.6 Å². The van der Waals surface area contributed by atoms with Crippen LogP contribution in [0.25, 0.3) is 0 Å². The molecule has 1 aliphatic heterocycles. The Hall–Kier alpha value is -1.19. The fraction of sp³-hybridized carbons (Fsp3) is 0.611. The van der Waals surface area contributed by atoms with Crippen molar-refractivity contribution >= 4 is 28.3 Å². The van der Waals surface area contributed by atoms with Gasteiger partial charge in [-0.3, -0.25) is 4.79 Å². The van der Waals surface area contributed by atoms with Crippen molar-refractivity contribution in [3.63, 3.8) is 0 Å². The molecule has 7 nitrogen and oxygen atoms in total. The van der Waals surface area contributed by atoms with Crippen LogP contribution in [0, 0.1) is 5.92 Å². The van der Waals surface area contributed by atoms with Gasteiger partial charge in [0.25, 0.3) is 5.91 Å². The Balaban J connectivity index is 0.00000261. The topological polar surface area (TPSA) is 111 Å². The summed E-state index contributed by atoms with van der Waals surface area (Å²) in [7, 11) is -3.60. The highest BCUT2D eigenvalue weighted by molar-refractivity contribution is 7.89. The molecule has 0 aromatic heterocycles. The van der Waals surface area contributed by atoms with Gasteiger partial charge >= 0.3 is 0 Å². The zero-order valence-corrected chi connectivity index (χ0v) is 16.9. The molecule has 2 aliphatic rings. The quantitative estimate of drug-likeness (QED) is 0.621. The number of carbonyl (C=O) groups excluding carboxylic acids is 1. The number of benzene rings is 1. The van der Waals surface area contributed by atoms with Crippen LogP contribution in [-0.2, 0) is 14.8 Å². The first-order valence-corrected chi connectivity index (χ1v) is 10.7. The number of halogens is 1. The average molecular weight is 418 g/mol. The number of ether oxygens (including phenoxy) is 1. The molecule has 1 amide bonds. The van der Waals surface area contributed by atoms with Gasteiger partial charge in [-0.25, -0.2) is 13.1 Å². The Morgan fingerprint density at radius 3 is 2.52 bits per heavy atom. The van der Waals surface area contributed by atoms with Crippen LogP contribution in [-0.4, -0.2) is 46.2 Å². The molecule has 1 aromatic rings. The summed E-state index contributed by atoms with van der Waals surface area (Å²) in [5.74, 6) is 0.132. The highest BCUT2D eigenvalue weighted by Crippen LogP contribution is 2.25. The number of sulfonamides is 1. The van der Waals surface area contributed by atoms with E-state index < -0.39 is 10.0 Å². The Morgan fingerprint density at radius 1 is 1.15 bits per heavy atom. The van der Waals surface area contributed by atoms with E-state index >= 15 is 0 Å². The Kier molecular flexibility index (Phi) is 8.05. The van der Waals surface area contributed by atoms with E-state index in [2.05, 4.69) is 10.0 Å². The number of hydrogen-bond acceptors (Lipinski definition) is 5. The largest absolute Gasteiger partial charge is 0.377 e. The van der Waals surface area contributed by atoms with Gasteiger partial charge in [0.05, 0.1) is 11.0 Å². The lowest BCUT2D eigenvalue weighted by atomic mass is 10.0. The molecule has 4 N–H and O–H groups in total. The highest BCUT2D eigenvalue weighted by Gasteiger charge is 2.27. The molecule has 152 valence electrons. The third-order valence-electron chi connectivity index (χ3n) is 5.23. The monoisotopic (exact) mass is 417 g/mol. The van der Waals surface area contributed by atoms with Crippen molar-refractivity contribution in [2.24, 2.45) is 11.7 Å². The summed E-state index contributed by atoms with van der Waals surface area (Å²) in [6, 6.07) is 6.11. The van der Waals surface area contributed by atoms with Crippen LogP contribution in [0.15, 0.2) is 29.2 Å². The lowest BCUT2D eigenvalue weighted by molar-refractivity contribution is 0.0928. The fourth-order valence-corrected chi connectivity index (χ4v) is 4.70. The molecule has 9 heteroatoms. The van der Waals surface area contributed by atoms with Gasteiger partial charge in [-0.05, 0) is 62.4 Å². The second kappa shape index (κ2) is 9.84. The van der Waals surface area contributed by atoms with Crippen LogP contribution in [0.4, 0.5) is 0 Å². The molecule has 3 unspecified atom stereocenters. The lowest BCUT2D eigenvalue weighted by Crippen LogP contribution is -2.39. The van der Waals surface area contributed by atoms with Gasteiger partial charge < -0.3 is 15.8 Å². The summed E-state index contributed by atoms with van der Waals surface area (Å²) in [6.45, 7) is 1.52. The highest BCUT2D eigenvalue weighted by atomic mass is 35.5. The van der Waals surface area contributed by atoms with Gasteiger partial charge in [-0.1, -0.05) is 6.42 Å². The number of amides is 1. The van der Waals surface area contributed by atoms with Gasteiger partial charge in [0.15, 0.2) is 0 Å². The van der Waals surface area contributed by atoms with E-state index in [4.69, 9.17) is 10.5 Å². The van der Waals surface area contributed by atoms with Gasteiger partial charge in [-0.15, -0.1) is 12.4 Å². The molecule has 0 radical (unpaired) electrons. The van der Waals surface area contributed by atoms with E-state index in [1.165, 1.54) is 12.1 Å². The summed E-state index contributed by atoms with van der Waals surface area (Å²) in [5.41, 5.74) is 6.20. The van der Waals surface area contributed by atoms with Crippen LogP contribution in [0.3, 0.4) is 0 Å². The van der Waals surface area contributed by atoms with Crippen molar-refractivity contribution in [1.82, 2.24) is 10.0 Å². The normalized spacial score (nSPS) is 25.1. The smallest absolute Gasteiger partial charge is 0.251 e. The standard InChI is InChI=1S/C18H27N3O4S.ClH/c19-11-14-3-1-5-17(14)21-18(22)13-6-8-16(9-7-13)26(23,24)20-12-15-4-2-10-25-15;/h6-9,14-15,17,20H,1-5,10-12,19H2,(H,21,22);1H. The third kappa shape index (κ3) is 5.65. The van der Waals surface area contributed by atoms with Crippen LogP contribution in [0.2, 0.25) is 0 Å². The van der Waals surface area contributed by atoms with E-state index in [1.54, 1.807) is 12.1 Å². The Labute approximate surface area is 166 Å². The third-order valence-corrected chi connectivity index (χ3v) is 6.67. The van der Waals surface area contributed by atoms with Crippen molar-refractivity contribution in [3.05, 3.63) is 29.8 Å². The Bertz CT molecular complexity index is 721. The molecule has 2 fully saturated rings. The molecule has 1 heterocycles. The summed E-state index contributed by atoms with van der Waals surface area (Å²) in [5, 5.41) is 3.02. The second-order valence-electron chi connectivity index (χ2n) is 7.02. The number of carbonyl (C=O) groups is 1. The molecule has 27 heavy (non-hydrogen) atoms. The Morgan fingerprint density at radius 2 is 1.89 bits per heavy atom. The molecular formula is C18H28ClN3O4S. The number of nitrogens with two attached hydrogens (primary N) is 1. The van der Waals surface area contributed by atoms with Gasteiger partial charge in [0, 0.05) is 24.8 Å².